The molecule has 0 aromatic carbocycles. The van der Waals surface area contributed by atoms with E-state index in [1.165, 1.54) is 38.4 Å². The molecule has 1 saturated carbocycles. The summed E-state index contributed by atoms with van der Waals surface area (Å²) < 4.78 is 1.63. The third-order valence-corrected chi connectivity index (χ3v) is 7.10. The maximum atomic E-state index is 13.3. The molecular formula is C22H32N8O. The molecule has 1 aliphatic carbocycles. The number of hydrogen-bond acceptors (Lipinski definition) is 7. The fourth-order valence-corrected chi connectivity index (χ4v) is 5.36. The molecule has 0 bridgehead atoms. The summed E-state index contributed by atoms with van der Waals surface area (Å²) in [6.07, 6.45) is 13.4. The number of carbonyl (C=O) groups excluding carboxylic acids is 1. The molecule has 31 heavy (non-hydrogen) atoms. The number of hydrogen-bond donors (Lipinski definition) is 0. The van der Waals surface area contributed by atoms with Gasteiger partial charge in [-0.05, 0) is 25.7 Å². The minimum Gasteiger partial charge on any atom is -0.356 e. The first-order valence-electron chi connectivity index (χ1n) is 11.7. The summed E-state index contributed by atoms with van der Waals surface area (Å²) in [6, 6.07) is 2.66. The average molecular weight is 425 g/mol. The Morgan fingerprint density at radius 1 is 0.871 bits per heavy atom. The van der Waals surface area contributed by atoms with E-state index in [1.807, 2.05) is 6.07 Å². The van der Waals surface area contributed by atoms with E-state index >= 15 is 0 Å². The topological polar surface area (TPSA) is 83.3 Å². The van der Waals surface area contributed by atoms with Gasteiger partial charge in [0, 0.05) is 51.4 Å². The average Bonchev–Trinajstić information content (AvgIpc) is 3.40. The summed E-state index contributed by atoms with van der Waals surface area (Å²) >= 11 is 0. The smallest absolute Gasteiger partial charge is 0.227 e. The van der Waals surface area contributed by atoms with Crippen LogP contribution in [0.25, 0.3) is 5.82 Å². The van der Waals surface area contributed by atoms with Gasteiger partial charge < -0.3 is 9.80 Å². The first-order valence-corrected chi connectivity index (χ1v) is 11.7. The Kier molecular flexibility index (Phi) is 6.11. The van der Waals surface area contributed by atoms with Crippen molar-refractivity contribution in [1.82, 2.24) is 34.5 Å². The van der Waals surface area contributed by atoms with Crippen LogP contribution in [-0.4, -0.2) is 85.7 Å². The van der Waals surface area contributed by atoms with Gasteiger partial charge in [-0.25, -0.2) is 19.6 Å². The van der Waals surface area contributed by atoms with Crippen molar-refractivity contribution in [3.05, 3.63) is 25.0 Å². The summed E-state index contributed by atoms with van der Waals surface area (Å²) in [5, 5.41) is 4.15. The van der Waals surface area contributed by atoms with Gasteiger partial charge in [0.1, 0.15) is 24.8 Å². The first kappa shape index (κ1) is 20.4. The van der Waals surface area contributed by atoms with Crippen LogP contribution in [0, 0.1) is 5.92 Å². The SMILES string of the molecule is O=C(C1CCCN(c2cc(-n3cncn3)ncn2)C1)N1CCN(C2CCCCC2)CC1. The maximum absolute atomic E-state index is 13.3. The molecule has 3 fully saturated rings. The van der Waals surface area contributed by atoms with Crippen LogP contribution >= 0.6 is 0 Å². The lowest BCUT2D eigenvalue weighted by atomic mass is 9.93. The predicted molar refractivity (Wildman–Crippen MR) is 117 cm³/mol. The Labute approximate surface area is 183 Å². The molecule has 4 heterocycles. The third kappa shape index (κ3) is 4.56. The molecule has 2 aliphatic heterocycles. The van der Waals surface area contributed by atoms with Gasteiger partial charge in [0.05, 0.1) is 5.92 Å². The van der Waals surface area contributed by atoms with Crippen molar-refractivity contribution in [2.75, 3.05) is 44.2 Å². The second-order valence-electron chi connectivity index (χ2n) is 9.01. The molecule has 9 nitrogen and oxygen atoms in total. The molecule has 3 aliphatic rings. The molecule has 2 saturated heterocycles. The molecule has 9 heteroatoms. The van der Waals surface area contributed by atoms with Crippen LogP contribution in [0.3, 0.4) is 0 Å². The van der Waals surface area contributed by atoms with Gasteiger partial charge in [-0.15, -0.1) is 0 Å². The zero-order valence-electron chi connectivity index (χ0n) is 18.1. The monoisotopic (exact) mass is 424 g/mol. The van der Waals surface area contributed by atoms with E-state index in [-0.39, 0.29) is 5.92 Å². The highest BCUT2D eigenvalue weighted by Gasteiger charge is 2.33. The number of anilines is 1. The quantitative estimate of drug-likeness (QED) is 0.739. The minimum absolute atomic E-state index is 0.0414. The van der Waals surface area contributed by atoms with Crippen LogP contribution in [0.1, 0.15) is 44.9 Å². The fraction of sp³-hybridized carbons (Fsp3) is 0.682. The highest BCUT2D eigenvalue weighted by molar-refractivity contribution is 5.80. The Morgan fingerprint density at radius 2 is 1.68 bits per heavy atom. The molecule has 0 spiro atoms. The molecule has 166 valence electrons. The van der Waals surface area contributed by atoms with Crippen molar-refractivity contribution in [1.29, 1.82) is 0 Å². The van der Waals surface area contributed by atoms with E-state index in [4.69, 9.17) is 0 Å². The molecule has 5 rings (SSSR count). The second kappa shape index (κ2) is 9.30. The lowest BCUT2D eigenvalue weighted by molar-refractivity contribution is -0.138. The molecular weight excluding hydrogens is 392 g/mol. The maximum Gasteiger partial charge on any atom is 0.227 e. The summed E-state index contributed by atoms with van der Waals surface area (Å²) in [7, 11) is 0. The highest BCUT2D eigenvalue weighted by Crippen LogP contribution is 2.26. The molecule has 0 N–H and O–H groups in total. The van der Waals surface area contributed by atoms with Crippen LogP contribution in [0.15, 0.2) is 25.0 Å². The number of carbonyl (C=O) groups is 1. The van der Waals surface area contributed by atoms with E-state index in [9.17, 15) is 4.79 Å². The zero-order valence-corrected chi connectivity index (χ0v) is 18.1. The van der Waals surface area contributed by atoms with Gasteiger partial charge in [-0.3, -0.25) is 9.69 Å². The normalized spacial score (nSPS) is 23.8. The van der Waals surface area contributed by atoms with Crippen molar-refractivity contribution < 1.29 is 4.79 Å². The molecule has 1 atom stereocenters. The fourth-order valence-electron chi connectivity index (χ4n) is 5.36. The van der Waals surface area contributed by atoms with E-state index in [1.54, 1.807) is 17.3 Å². The predicted octanol–water partition coefficient (Wildman–Crippen LogP) is 1.75. The lowest BCUT2D eigenvalue weighted by Gasteiger charge is -2.42. The van der Waals surface area contributed by atoms with E-state index < -0.39 is 0 Å². The van der Waals surface area contributed by atoms with Gasteiger partial charge >= 0.3 is 0 Å². The highest BCUT2D eigenvalue weighted by atomic mass is 16.2. The number of amides is 1. The Hall–Kier alpha value is -2.55. The second-order valence-corrected chi connectivity index (χ2v) is 9.01. The van der Waals surface area contributed by atoms with Crippen LogP contribution < -0.4 is 4.90 Å². The largest absolute Gasteiger partial charge is 0.356 e. The van der Waals surface area contributed by atoms with Crippen molar-refractivity contribution in [2.45, 2.75) is 51.0 Å². The number of piperazine rings is 1. The number of aromatic nitrogens is 5. The molecule has 2 aromatic rings. The Morgan fingerprint density at radius 3 is 2.45 bits per heavy atom. The molecule has 1 unspecified atom stereocenters. The Balaban J connectivity index is 1.19. The van der Waals surface area contributed by atoms with Crippen LogP contribution in [-0.2, 0) is 4.79 Å². The minimum atomic E-state index is 0.0414. The molecule has 1 amide bonds. The number of nitrogens with zero attached hydrogens (tertiary/aromatic N) is 8. The zero-order chi connectivity index (χ0) is 21.0. The van der Waals surface area contributed by atoms with Crippen molar-refractivity contribution >= 4 is 11.7 Å². The van der Waals surface area contributed by atoms with Crippen LogP contribution in [0.5, 0.6) is 0 Å². The number of piperidine rings is 1. The summed E-state index contributed by atoms with van der Waals surface area (Å²) in [5.74, 6) is 1.90. The van der Waals surface area contributed by atoms with Gasteiger partial charge in [0.15, 0.2) is 5.82 Å². The van der Waals surface area contributed by atoms with Gasteiger partial charge in [0.25, 0.3) is 0 Å². The van der Waals surface area contributed by atoms with Gasteiger partial charge in [-0.1, -0.05) is 19.3 Å². The standard InChI is InChI=1S/C22H32N8O/c31-22(28-11-9-27(10-12-28)19-6-2-1-3-7-19)18-5-4-8-29(14-18)20-13-21(25-16-24-20)30-17-23-15-26-30/h13,15-19H,1-12,14H2. The van der Waals surface area contributed by atoms with Crippen LogP contribution in [0.2, 0.25) is 0 Å². The van der Waals surface area contributed by atoms with E-state index in [0.717, 1.165) is 64.0 Å². The summed E-state index contributed by atoms with van der Waals surface area (Å²) in [6.45, 7) is 5.42. The first-order chi connectivity index (χ1) is 15.3. The van der Waals surface area contributed by atoms with Crippen molar-refractivity contribution in [2.24, 2.45) is 5.92 Å². The van der Waals surface area contributed by atoms with Crippen molar-refractivity contribution in [3.8, 4) is 5.82 Å². The summed E-state index contributed by atoms with van der Waals surface area (Å²) in [4.78, 5) is 33.0. The lowest BCUT2D eigenvalue weighted by Crippen LogP contribution is -2.54. The van der Waals surface area contributed by atoms with Crippen LogP contribution in [0.4, 0.5) is 5.82 Å². The Bertz CT molecular complexity index is 858. The van der Waals surface area contributed by atoms with E-state index in [2.05, 4.69) is 34.8 Å². The third-order valence-electron chi connectivity index (χ3n) is 7.10. The number of rotatable bonds is 4. The molecule has 2 aromatic heterocycles. The van der Waals surface area contributed by atoms with Gasteiger partial charge in [0.2, 0.25) is 5.91 Å². The molecule has 0 radical (unpaired) electrons. The van der Waals surface area contributed by atoms with Gasteiger partial charge in [-0.2, -0.15) is 5.10 Å². The van der Waals surface area contributed by atoms with Crippen molar-refractivity contribution in [3.63, 3.8) is 0 Å². The van der Waals surface area contributed by atoms with E-state index in [0.29, 0.717) is 11.7 Å². The summed E-state index contributed by atoms with van der Waals surface area (Å²) in [5.41, 5.74) is 0.